The first kappa shape index (κ1) is 23.1. The number of amides is 2. The van der Waals surface area contributed by atoms with Crippen molar-refractivity contribution in [2.45, 2.75) is 52.6 Å². The topological polar surface area (TPSA) is 72.5 Å². The number of urea groups is 1. The molecule has 0 aliphatic rings. The van der Waals surface area contributed by atoms with E-state index in [9.17, 15) is 4.79 Å². The van der Waals surface area contributed by atoms with Gasteiger partial charge in [0.2, 0.25) is 5.88 Å². The van der Waals surface area contributed by atoms with Gasteiger partial charge in [0.25, 0.3) is 0 Å². The summed E-state index contributed by atoms with van der Waals surface area (Å²) < 4.78 is 11.9. The fraction of sp³-hybridized carbons (Fsp3) is 0.308. The quantitative estimate of drug-likeness (QED) is 0.455. The van der Waals surface area contributed by atoms with Gasteiger partial charge in [-0.05, 0) is 68.7 Å². The van der Waals surface area contributed by atoms with Crippen LogP contribution < -0.4 is 20.1 Å². The van der Waals surface area contributed by atoms with Gasteiger partial charge in [0.15, 0.2) is 0 Å². The molecule has 2 aromatic carbocycles. The van der Waals surface area contributed by atoms with Crippen molar-refractivity contribution in [2.75, 3.05) is 10.6 Å². The van der Waals surface area contributed by atoms with Gasteiger partial charge in [-0.25, -0.2) is 9.78 Å². The number of carbonyl (C=O) groups is 1. The van der Waals surface area contributed by atoms with Crippen molar-refractivity contribution < 1.29 is 14.3 Å². The van der Waals surface area contributed by atoms with Crippen molar-refractivity contribution >= 4 is 17.4 Å². The Kier molecular flexibility index (Phi) is 6.72. The second kappa shape index (κ2) is 9.30. The summed E-state index contributed by atoms with van der Waals surface area (Å²) in [5.74, 6) is 1.77. The number of hydrogen-bond donors (Lipinski definition) is 2. The van der Waals surface area contributed by atoms with Gasteiger partial charge in [-0.15, -0.1) is 0 Å². The third-order valence-electron chi connectivity index (χ3n) is 4.46. The maximum absolute atomic E-state index is 12.6. The molecule has 1 heterocycles. The molecule has 0 spiro atoms. The molecule has 3 rings (SSSR count). The molecule has 32 heavy (non-hydrogen) atoms. The lowest BCUT2D eigenvalue weighted by atomic mass is 9.86. The number of anilines is 2. The lowest BCUT2D eigenvalue weighted by Gasteiger charge is -2.22. The summed E-state index contributed by atoms with van der Waals surface area (Å²) >= 11 is 0. The van der Waals surface area contributed by atoms with Crippen molar-refractivity contribution in [2.24, 2.45) is 0 Å². The molecule has 0 bridgehead atoms. The first-order valence-corrected chi connectivity index (χ1v) is 10.6. The Hall–Kier alpha value is -3.54. The molecule has 0 saturated carbocycles. The van der Waals surface area contributed by atoms with E-state index in [1.54, 1.807) is 30.5 Å². The lowest BCUT2D eigenvalue weighted by Crippen LogP contribution is -2.23. The molecule has 6 nitrogen and oxygen atoms in total. The second-order valence-electron chi connectivity index (χ2n) is 9.52. The Labute approximate surface area is 190 Å². The zero-order valence-electron chi connectivity index (χ0n) is 19.5. The Bertz CT molecular complexity index is 1060. The number of aromatic nitrogens is 1. The molecule has 2 amide bonds. The molecule has 0 atom stereocenters. The molecule has 0 unspecified atom stereocenters. The number of nitrogens with zero attached hydrogens (tertiary/aromatic N) is 1. The molecular formula is C26H31N3O3. The van der Waals surface area contributed by atoms with Gasteiger partial charge in [0.05, 0.1) is 0 Å². The lowest BCUT2D eigenvalue weighted by molar-refractivity contribution is 0.131. The summed E-state index contributed by atoms with van der Waals surface area (Å²) in [5, 5.41) is 5.64. The monoisotopic (exact) mass is 433 g/mol. The maximum atomic E-state index is 12.6. The van der Waals surface area contributed by atoms with E-state index in [0.29, 0.717) is 23.0 Å². The molecule has 168 valence electrons. The van der Waals surface area contributed by atoms with Crippen LogP contribution in [0.1, 0.15) is 47.1 Å². The fourth-order valence-corrected chi connectivity index (χ4v) is 3.09. The third kappa shape index (κ3) is 6.48. The molecule has 2 N–H and O–H groups in total. The molecule has 1 aromatic heterocycles. The van der Waals surface area contributed by atoms with Crippen molar-refractivity contribution in [1.29, 1.82) is 0 Å². The summed E-state index contributed by atoms with van der Waals surface area (Å²) in [7, 11) is 0. The SMILES string of the molecule is CC(C)(C)Oc1ccc(NC(=O)Nc2cccnc2Oc2ccccc2C(C)(C)C)cc1. The van der Waals surface area contributed by atoms with Crippen LogP contribution in [-0.2, 0) is 5.41 Å². The van der Waals surface area contributed by atoms with Crippen LogP contribution >= 0.6 is 0 Å². The van der Waals surface area contributed by atoms with Crippen LogP contribution in [0.3, 0.4) is 0 Å². The average Bonchev–Trinajstić information content (AvgIpc) is 2.69. The summed E-state index contributed by atoms with van der Waals surface area (Å²) in [6, 6.07) is 18.2. The van der Waals surface area contributed by atoms with Crippen molar-refractivity contribution in [3.05, 3.63) is 72.4 Å². The van der Waals surface area contributed by atoms with E-state index < -0.39 is 6.03 Å². The van der Waals surface area contributed by atoms with Crippen LogP contribution in [0.25, 0.3) is 0 Å². The molecule has 0 saturated heterocycles. The van der Waals surface area contributed by atoms with E-state index in [2.05, 4.69) is 36.4 Å². The number of pyridine rings is 1. The van der Waals surface area contributed by atoms with E-state index in [0.717, 1.165) is 11.3 Å². The van der Waals surface area contributed by atoms with Gasteiger partial charge in [-0.2, -0.15) is 0 Å². The molecule has 0 aliphatic heterocycles. The number of carbonyl (C=O) groups excluding carboxylic acids is 1. The van der Waals surface area contributed by atoms with Crippen LogP contribution in [0.2, 0.25) is 0 Å². The first-order valence-electron chi connectivity index (χ1n) is 10.6. The smallest absolute Gasteiger partial charge is 0.323 e. The molecular weight excluding hydrogens is 402 g/mol. The normalized spacial score (nSPS) is 11.6. The van der Waals surface area contributed by atoms with Gasteiger partial charge in [-0.1, -0.05) is 39.0 Å². The third-order valence-corrected chi connectivity index (χ3v) is 4.46. The van der Waals surface area contributed by atoms with Crippen molar-refractivity contribution in [3.8, 4) is 17.4 Å². The number of para-hydroxylation sites is 1. The van der Waals surface area contributed by atoms with Crippen LogP contribution in [0.4, 0.5) is 16.2 Å². The van der Waals surface area contributed by atoms with E-state index in [4.69, 9.17) is 9.47 Å². The number of ether oxygens (including phenoxy) is 2. The molecule has 0 aliphatic carbocycles. The predicted octanol–water partition coefficient (Wildman–Crippen LogP) is 6.99. The number of benzene rings is 2. The van der Waals surface area contributed by atoms with Crippen LogP contribution in [-0.4, -0.2) is 16.6 Å². The summed E-state index contributed by atoms with van der Waals surface area (Å²) in [5.41, 5.74) is 1.79. The Balaban J connectivity index is 1.71. The van der Waals surface area contributed by atoms with Crippen LogP contribution in [0, 0.1) is 0 Å². The minimum atomic E-state index is -0.392. The number of nitrogens with one attached hydrogen (secondary N) is 2. The molecule has 6 heteroatoms. The molecule has 3 aromatic rings. The summed E-state index contributed by atoms with van der Waals surface area (Å²) in [6.45, 7) is 12.3. The highest BCUT2D eigenvalue weighted by molar-refractivity contribution is 6.00. The van der Waals surface area contributed by atoms with E-state index in [1.165, 1.54) is 0 Å². The zero-order valence-corrected chi connectivity index (χ0v) is 19.5. The number of hydrogen-bond acceptors (Lipinski definition) is 4. The predicted molar refractivity (Wildman–Crippen MR) is 129 cm³/mol. The van der Waals surface area contributed by atoms with Gasteiger partial charge in [-0.3, -0.25) is 0 Å². The highest BCUT2D eigenvalue weighted by atomic mass is 16.5. The van der Waals surface area contributed by atoms with Gasteiger partial charge in [0.1, 0.15) is 22.8 Å². The highest BCUT2D eigenvalue weighted by Crippen LogP contribution is 2.35. The van der Waals surface area contributed by atoms with E-state index in [1.807, 2.05) is 57.2 Å². The van der Waals surface area contributed by atoms with Crippen molar-refractivity contribution in [1.82, 2.24) is 4.98 Å². The second-order valence-corrected chi connectivity index (χ2v) is 9.52. The van der Waals surface area contributed by atoms with Crippen LogP contribution in [0.5, 0.6) is 17.4 Å². The minimum Gasteiger partial charge on any atom is -0.488 e. The van der Waals surface area contributed by atoms with Crippen LogP contribution in [0.15, 0.2) is 66.9 Å². The van der Waals surface area contributed by atoms with Gasteiger partial charge < -0.3 is 20.1 Å². The highest BCUT2D eigenvalue weighted by Gasteiger charge is 2.20. The molecule has 0 radical (unpaired) electrons. The maximum Gasteiger partial charge on any atom is 0.323 e. The minimum absolute atomic E-state index is 0.0980. The van der Waals surface area contributed by atoms with E-state index >= 15 is 0 Å². The summed E-state index contributed by atoms with van der Waals surface area (Å²) in [6.07, 6.45) is 1.63. The van der Waals surface area contributed by atoms with Gasteiger partial charge in [0, 0.05) is 17.4 Å². The first-order chi connectivity index (χ1) is 15.0. The fourth-order valence-electron chi connectivity index (χ4n) is 3.09. The van der Waals surface area contributed by atoms with E-state index in [-0.39, 0.29) is 11.0 Å². The Morgan fingerprint density at radius 3 is 2.19 bits per heavy atom. The standard InChI is InChI=1S/C26H31N3O3/c1-25(2,3)20-10-7-8-12-22(20)31-23-21(11-9-17-27-23)29-24(30)28-18-13-15-19(16-14-18)32-26(4,5)6/h7-17H,1-6H3,(H2,28,29,30). The zero-order chi connectivity index (χ0) is 23.4. The average molecular weight is 434 g/mol. The molecule has 0 fully saturated rings. The van der Waals surface area contributed by atoms with Crippen molar-refractivity contribution in [3.63, 3.8) is 0 Å². The Morgan fingerprint density at radius 1 is 0.844 bits per heavy atom. The Morgan fingerprint density at radius 2 is 1.53 bits per heavy atom. The largest absolute Gasteiger partial charge is 0.488 e. The number of rotatable bonds is 5. The summed E-state index contributed by atoms with van der Waals surface area (Å²) in [4.78, 5) is 16.9. The van der Waals surface area contributed by atoms with Gasteiger partial charge >= 0.3 is 6.03 Å².